The Morgan fingerprint density at radius 3 is 2.71 bits per heavy atom. The van der Waals surface area contributed by atoms with Crippen molar-refractivity contribution in [2.24, 2.45) is 0 Å². The minimum Gasteiger partial charge on any atom is -0.255 e. The maximum atomic E-state index is 12.5. The van der Waals surface area contributed by atoms with Crippen LogP contribution in [0.1, 0.15) is 22.6 Å². The van der Waals surface area contributed by atoms with Crippen LogP contribution < -0.4 is 4.72 Å². The van der Waals surface area contributed by atoms with Crippen LogP contribution in [0.3, 0.4) is 0 Å². The van der Waals surface area contributed by atoms with Crippen LogP contribution in [0.25, 0.3) is 0 Å². The normalized spacial score (nSPS) is 14.2. The Bertz CT molecular complexity index is 794. The summed E-state index contributed by atoms with van der Waals surface area (Å²) in [5, 5.41) is 0.447. The third-order valence-corrected chi connectivity index (χ3v) is 7.67. The fourth-order valence-electron chi connectivity index (χ4n) is 2.24. The van der Waals surface area contributed by atoms with Crippen LogP contribution in [0.4, 0.5) is 5.13 Å². The zero-order valence-corrected chi connectivity index (χ0v) is 15.9. The molecule has 1 aliphatic carbocycles. The van der Waals surface area contributed by atoms with Crippen LogP contribution in [0.15, 0.2) is 26.0 Å². The Balaban J connectivity index is 1.95. The average molecular weight is 452 g/mol. The molecule has 0 bridgehead atoms. The Labute approximate surface area is 144 Å². The van der Waals surface area contributed by atoms with Crippen molar-refractivity contribution in [2.75, 3.05) is 4.72 Å². The van der Waals surface area contributed by atoms with E-state index >= 15 is 0 Å². The number of aromatic nitrogens is 1. The molecule has 112 valence electrons. The van der Waals surface area contributed by atoms with Crippen LogP contribution >= 0.6 is 43.2 Å². The summed E-state index contributed by atoms with van der Waals surface area (Å²) in [5.74, 6) is 0. The smallest absolute Gasteiger partial charge is 0.255 e. The van der Waals surface area contributed by atoms with Gasteiger partial charge < -0.3 is 0 Å². The van der Waals surface area contributed by atoms with Crippen LogP contribution in [0.2, 0.25) is 0 Å². The van der Waals surface area contributed by atoms with Gasteiger partial charge in [-0.2, -0.15) is 0 Å². The molecule has 0 aliphatic heterocycles. The van der Waals surface area contributed by atoms with Crippen molar-refractivity contribution in [3.63, 3.8) is 0 Å². The van der Waals surface area contributed by atoms with Gasteiger partial charge in [-0.1, -0.05) is 15.9 Å². The summed E-state index contributed by atoms with van der Waals surface area (Å²) < 4.78 is 28.9. The number of nitrogens with zero attached hydrogens (tertiary/aromatic N) is 1. The van der Waals surface area contributed by atoms with Crippen molar-refractivity contribution < 1.29 is 8.42 Å². The number of rotatable bonds is 3. The van der Waals surface area contributed by atoms with Gasteiger partial charge in [-0.3, -0.25) is 4.72 Å². The molecule has 3 rings (SSSR count). The van der Waals surface area contributed by atoms with Gasteiger partial charge in [0.25, 0.3) is 10.0 Å². The Morgan fingerprint density at radius 2 is 2.00 bits per heavy atom. The number of aryl methyl sites for hydroxylation is 3. The van der Waals surface area contributed by atoms with E-state index in [1.54, 1.807) is 12.1 Å². The maximum absolute atomic E-state index is 12.5. The van der Waals surface area contributed by atoms with Gasteiger partial charge >= 0.3 is 0 Å². The van der Waals surface area contributed by atoms with Gasteiger partial charge in [-0.25, -0.2) is 13.4 Å². The number of halogens is 2. The number of hydrogen-bond donors (Lipinski definition) is 1. The zero-order valence-electron chi connectivity index (χ0n) is 11.1. The van der Waals surface area contributed by atoms with E-state index < -0.39 is 10.0 Å². The average Bonchev–Trinajstić information content (AvgIpc) is 2.93. The predicted molar refractivity (Wildman–Crippen MR) is 91.5 cm³/mol. The molecule has 0 saturated heterocycles. The Hall–Kier alpha value is -0.440. The van der Waals surface area contributed by atoms with Crippen LogP contribution in [-0.4, -0.2) is 13.4 Å². The molecule has 21 heavy (non-hydrogen) atoms. The number of anilines is 1. The van der Waals surface area contributed by atoms with E-state index in [4.69, 9.17) is 0 Å². The lowest BCUT2D eigenvalue weighted by Gasteiger charge is -2.09. The molecule has 0 spiro atoms. The third kappa shape index (κ3) is 3.04. The molecular weight excluding hydrogens is 440 g/mol. The fraction of sp³-hybridized carbons (Fsp3) is 0.308. The summed E-state index contributed by atoms with van der Waals surface area (Å²) in [5.41, 5.74) is 2.00. The SMILES string of the molecule is Cc1cc(Br)c(S(=O)(=O)Nc2nc3c(s2)CCC3)cc1Br. The summed E-state index contributed by atoms with van der Waals surface area (Å²) in [6, 6.07) is 3.38. The molecule has 1 aromatic carbocycles. The first-order valence-corrected chi connectivity index (χ1v) is 10.2. The largest absolute Gasteiger partial charge is 0.264 e. The van der Waals surface area contributed by atoms with Gasteiger partial charge in [-0.15, -0.1) is 11.3 Å². The van der Waals surface area contributed by atoms with Crippen molar-refractivity contribution in [3.8, 4) is 0 Å². The maximum Gasteiger partial charge on any atom is 0.264 e. The molecular formula is C13H12Br2N2O2S2. The molecule has 2 aromatic rings. The van der Waals surface area contributed by atoms with Crippen molar-refractivity contribution >= 4 is 58.4 Å². The van der Waals surface area contributed by atoms with Crippen LogP contribution in [-0.2, 0) is 22.9 Å². The first kappa shape index (κ1) is 15.5. The number of sulfonamides is 1. The van der Waals surface area contributed by atoms with E-state index in [2.05, 4.69) is 41.6 Å². The van der Waals surface area contributed by atoms with Gasteiger partial charge in [0.2, 0.25) is 0 Å². The first-order chi connectivity index (χ1) is 9.87. The molecule has 0 unspecified atom stereocenters. The standard InChI is InChI=1S/C13H12Br2N2O2S2/c1-7-5-9(15)12(6-8(7)14)21(18,19)17-13-16-10-3-2-4-11(10)20-13/h5-6H,2-4H2,1H3,(H,16,17). The number of hydrogen-bond acceptors (Lipinski definition) is 4. The van der Waals surface area contributed by atoms with Gasteiger partial charge in [0.05, 0.1) is 5.69 Å². The Morgan fingerprint density at radius 1 is 1.24 bits per heavy atom. The second-order valence-corrected chi connectivity index (χ2v) is 9.32. The highest BCUT2D eigenvalue weighted by molar-refractivity contribution is 9.11. The van der Waals surface area contributed by atoms with E-state index in [0.29, 0.717) is 9.60 Å². The predicted octanol–water partition coefficient (Wildman–Crippen LogP) is 4.27. The van der Waals surface area contributed by atoms with E-state index in [9.17, 15) is 8.42 Å². The van der Waals surface area contributed by atoms with Crippen molar-refractivity contribution in [1.29, 1.82) is 0 Å². The first-order valence-electron chi connectivity index (χ1n) is 6.34. The number of benzene rings is 1. The van der Waals surface area contributed by atoms with Crippen molar-refractivity contribution in [3.05, 3.63) is 37.2 Å². The summed E-state index contributed by atoms with van der Waals surface area (Å²) in [7, 11) is -3.65. The van der Waals surface area contributed by atoms with Gasteiger partial charge in [0, 0.05) is 13.8 Å². The lowest BCUT2D eigenvalue weighted by atomic mass is 10.2. The van der Waals surface area contributed by atoms with E-state index in [-0.39, 0.29) is 4.90 Å². The summed E-state index contributed by atoms with van der Waals surface area (Å²) in [6.07, 6.45) is 3.04. The minimum atomic E-state index is -3.65. The van der Waals surface area contributed by atoms with E-state index in [1.807, 2.05) is 6.92 Å². The zero-order chi connectivity index (χ0) is 15.2. The second-order valence-electron chi connectivity index (χ2n) is 4.88. The summed E-state index contributed by atoms with van der Waals surface area (Å²) in [4.78, 5) is 5.77. The van der Waals surface area contributed by atoms with Crippen molar-refractivity contribution in [2.45, 2.75) is 31.1 Å². The molecule has 0 amide bonds. The minimum absolute atomic E-state index is 0.204. The van der Waals surface area contributed by atoms with Crippen LogP contribution in [0.5, 0.6) is 0 Å². The number of nitrogens with one attached hydrogen (secondary N) is 1. The lowest BCUT2D eigenvalue weighted by Crippen LogP contribution is -2.13. The monoisotopic (exact) mass is 450 g/mol. The van der Waals surface area contributed by atoms with Crippen LogP contribution in [0, 0.1) is 6.92 Å². The number of thiazole rings is 1. The molecule has 0 fully saturated rings. The molecule has 1 N–H and O–H groups in total. The van der Waals surface area contributed by atoms with Crippen molar-refractivity contribution in [1.82, 2.24) is 4.98 Å². The van der Waals surface area contributed by atoms with E-state index in [1.165, 1.54) is 16.2 Å². The highest BCUT2D eigenvalue weighted by atomic mass is 79.9. The fourth-order valence-corrected chi connectivity index (χ4v) is 6.20. The highest BCUT2D eigenvalue weighted by Crippen LogP contribution is 2.34. The highest BCUT2D eigenvalue weighted by Gasteiger charge is 2.23. The van der Waals surface area contributed by atoms with Gasteiger partial charge in [-0.05, 0) is 59.8 Å². The molecule has 0 saturated carbocycles. The van der Waals surface area contributed by atoms with Gasteiger partial charge in [0.15, 0.2) is 5.13 Å². The molecule has 0 radical (unpaired) electrons. The molecule has 1 aromatic heterocycles. The van der Waals surface area contributed by atoms with E-state index in [0.717, 1.165) is 35.0 Å². The summed E-state index contributed by atoms with van der Waals surface area (Å²) >= 11 is 8.11. The Kier molecular flexibility index (Phi) is 4.15. The quantitative estimate of drug-likeness (QED) is 0.757. The molecule has 0 atom stereocenters. The van der Waals surface area contributed by atoms with Gasteiger partial charge in [0.1, 0.15) is 4.90 Å². The molecule has 8 heteroatoms. The third-order valence-electron chi connectivity index (χ3n) is 3.32. The molecule has 1 aliphatic rings. The lowest BCUT2D eigenvalue weighted by molar-refractivity contribution is 0.600. The molecule has 4 nitrogen and oxygen atoms in total. The topological polar surface area (TPSA) is 59.1 Å². The molecule has 1 heterocycles. The number of fused-ring (bicyclic) bond motifs is 1. The second kappa shape index (κ2) is 5.64. The summed E-state index contributed by atoms with van der Waals surface area (Å²) in [6.45, 7) is 1.91.